The summed E-state index contributed by atoms with van der Waals surface area (Å²) in [5.74, 6) is -0.0910. The zero-order valence-electron chi connectivity index (χ0n) is 12.6. The summed E-state index contributed by atoms with van der Waals surface area (Å²) >= 11 is 1.40. The van der Waals surface area contributed by atoms with Crippen molar-refractivity contribution < 1.29 is 18.3 Å². The lowest BCUT2D eigenvalue weighted by Gasteiger charge is -2.32. The quantitative estimate of drug-likeness (QED) is 0.801. The van der Waals surface area contributed by atoms with E-state index in [-0.39, 0.29) is 24.1 Å². The molecule has 0 aromatic carbocycles. The third-order valence-corrected chi connectivity index (χ3v) is 5.97. The van der Waals surface area contributed by atoms with Crippen LogP contribution in [0.1, 0.15) is 29.4 Å². The number of carbonyl (C=O) groups is 1. The van der Waals surface area contributed by atoms with Crippen LogP contribution in [0.25, 0.3) is 0 Å². The first-order valence-electron chi connectivity index (χ1n) is 7.35. The number of piperidine rings is 1. The second-order valence-corrected chi connectivity index (χ2v) is 8.51. The molecule has 1 aromatic rings. The van der Waals surface area contributed by atoms with Crippen molar-refractivity contribution in [3.63, 3.8) is 0 Å². The summed E-state index contributed by atoms with van der Waals surface area (Å²) in [5.41, 5.74) is 0. The fourth-order valence-corrected chi connectivity index (χ4v) is 4.75. The van der Waals surface area contributed by atoms with Crippen LogP contribution < -0.4 is 4.72 Å². The van der Waals surface area contributed by atoms with Crippen LogP contribution in [0.15, 0.2) is 17.5 Å². The Balaban J connectivity index is 1.92. The van der Waals surface area contributed by atoms with Crippen molar-refractivity contribution in [3.8, 4) is 0 Å². The fraction of sp³-hybridized carbons (Fsp3) is 0.643. The molecule has 0 saturated carbocycles. The van der Waals surface area contributed by atoms with E-state index < -0.39 is 16.1 Å². The van der Waals surface area contributed by atoms with Gasteiger partial charge in [0.1, 0.15) is 0 Å². The van der Waals surface area contributed by atoms with Crippen molar-refractivity contribution in [2.24, 2.45) is 5.92 Å². The molecule has 2 rings (SSSR count). The molecule has 1 amide bonds. The van der Waals surface area contributed by atoms with Crippen molar-refractivity contribution in [2.45, 2.75) is 25.9 Å². The van der Waals surface area contributed by atoms with Gasteiger partial charge in [-0.05, 0) is 37.1 Å². The minimum Gasteiger partial charge on any atom is -0.392 e. The van der Waals surface area contributed by atoms with Crippen LogP contribution in [0.3, 0.4) is 0 Å². The Morgan fingerprint density at radius 2 is 2.36 bits per heavy atom. The molecule has 2 N–H and O–H groups in total. The van der Waals surface area contributed by atoms with Gasteiger partial charge in [0.15, 0.2) is 0 Å². The highest BCUT2D eigenvalue weighted by molar-refractivity contribution is 7.89. The fourth-order valence-electron chi connectivity index (χ4n) is 2.56. The van der Waals surface area contributed by atoms with E-state index in [4.69, 9.17) is 5.11 Å². The molecule has 1 aliphatic heterocycles. The molecule has 0 radical (unpaired) electrons. The molecule has 6 nitrogen and oxygen atoms in total. The Kier molecular flexibility index (Phi) is 5.96. The number of aliphatic hydroxyl groups excluding tert-OH is 1. The number of hydrogen-bond acceptors (Lipinski definition) is 5. The van der Waals surface area contributed by atoms with Crippen molar-refractivity contribution in [1.29, 1.82) is 0 Å². The van der Waals surface area contributed by atoms with Gasteiger partial charge in [-0.25, -0.2) is 13.1 Å². The largest absolute Gasteiger partial charge is 0.392 e. The Bertz CT molecular complexity index is 584. The molecule has 0 bridgehead atoms. The van der Waals surface area contributed by atoms with Gasteiger partial charge in [0.05, 0.1) is 16.7 Å². The summed E-state index contributed by atoms with van der Waals surface area (Å²) in [6, 6.07) is 3.63. The van der Waals surface area contributed by atoms with Crippen LogP contribution >= 0.6 is 11.3 Å². The van der Waals surface area contributed by atoms with Gasteiger partial charge in [-0.2, -0.15) is 0 Å². The molecule has 124 valence electrons. The predicted octanol–water partition coefficient (Wildman–Crippen LogP) is 0.901. The Morgan fingerprint density at radius 1 is 1.59 bits per heavy atom. The summed E-state index contributed by atoms with van der Waals surface area (Å²) in [5, 5.41) is 11.0. The van der Waals surface area contributed by atoms with Gasteiger partial charge in [-0.3, -0.25) is 4.79 Å². The van der Waals surface area contributed by atoms with Gasteiger partial charge in [0.2, 0.25) is 10.0 Å². The number of nitrogens with one attached hydrogen (secondary N) is 1. The topological polar surface area (TPSA) is 86.7 Å². The average molecular weight is 346 g/mol. The molecule has 0 spiro atoms. The highest BCUT2D eigenvalue weighted by atomic mass is 32.2. The van der Waals surface area contributed by atoms with E-state index in [0.29, 0.717) is 18.0 Å². The van der Waals surface area contributed by atoms with E-state index in [1.807, 2.05) is 11.4 Å². The highest BCUT2D eigenvalue weighted by Gasteiger charge is 2.28. The molecule has 0 aliphatic carbocycles. The zero-order chi connectivity index (χ0) is 16.2. The minimum atomic E-state index is -3.42. The second kappa shape index (κ2) is 7.54. The molecule has 0 unspecified atom stereocenters. The first kappa shape index (κ1) is 17.4. The first-order valence-corrected chi connectivity index (χ1v) is 9.89. The van der Waals surface area contributed by atoms with Gasteiger partial charge in [-0.1, -0.05) is 6.07 Å². The molecular weight excluding hydrogens is 324 g/mol. The van der Waals surface area contributed by atoms with Crippen LogP contribution in [-0.2, 0) is 10.0 Å². The van der Waals surface area contributed by atoms with Crippen LogP contribution in [0.2, 0.25) is 0 Å². The summed E-state index contributed by atoms with van der Waals surface area (Å²) in [6.07, 6.45) is 0.898. The molecule has 1 saturated heterocycles. The van der Waals surface area contributed by atoms with Gasteiger partial charge in [-0.15, -0.1) is 11.3 Å². The normalized spacial score (nSPS) is 20.8. The molecule has 22 heavy (non-hydrogen) atoms. The number of hydrogen-bond donors (Lipinski definition) is 2. The standard InChI is InChI=1S/C14H22N2O4S2/c1-11(17)8-15-22(19,20)10-12-4-2-6-16(9-12)14(18)13-5-3-7-21-13/h3,5,7,11-12,15,17H,2,4,6,8-10H2,1H3/t11-,12-/m1/s1. The van der Waals surface area contributed by atoms with Crippen molar-refractivity contribution in [2.75, 3.05) is 25.4 Å². The molecular formula is C14H22N2O4S2. The number of rotatable bonds is 6. The third-order valence-electron chi connectivity index (χ3n) is 3.59. The maximum atomic E-state index is 12.3. The van der Waals surface area contributed by atoms with Crippen LogP contribution in [-0.4, -0.2) is 55.8 Å². The minimum absolute atomic E-state index is 0.00601. The predicted molar refractivity (Wildman–Crippen MR) is 86.4 cm³/mol. The second-order valence-electron chi connectivity index (χ2n) is 5.72. The van der Waals surface area contributed by atoms with E-state index in [0.717, 1.165) is 12.8 Å². The van der Waals surface area contributed by atoms with Gasteiger partial charge < -0.3 is 10.0 Å². The lowest BCUT2D eigenvalue weighted by Crippen LogP contribution is -2.43. The van der Waals surface area contributed by atoms with E-state index in [1.54, 1.807) is 11.0 Å². The number of thiophene rings is 1. The number of nitrogens with zero attached hydrogens (tertiary/aromatic N) is 1. The number of amides is 1. The molecule has 2 heterocycles. The molecule has 1 aliphatic rings. The van der Waals surface area contributed by atoms with Gasteiger partial charge in [0, 0.05) is 19.6 Å². The van der Waals surface area contributed by atoms with E-state index in [1.165, 1.54) is 18.3 Å². The SMILES string of the molecule is C[C@@H](O)CNS(=O)(=O)C[C@@H]1CCCN(C(=O)c2cccs2)C1. The van der Waals surface area contributed by atoms with Gasteiger partial charge >= 0.3 is 0 Å². The lowest BCUT2D eigenvalue weighted by atomic mass is 10.00. The third kappa shape index (κ3) is 5.05. The Labute approximate surface area is 135 Å². The number of sulfonamides is 1. The number of carbonyl (C=O) groups excluding carboxylic acids is 1. The van der Waals surface area contributed by atoms with Crippen molar-refractivity contribution in [1.82, 2.24) is 9.62 Å². The summed E-state index contributed by atoms with van der Waals surface area (Å²) in [4.78, 5) is 14.8. The van der Waals surface area contributed by atoms with Crippen molar-refractivity contribution in [3.05, 3.63) is 22.4 Å². The number of likely N-dealkylation sites (tertiary alicyclic amines) is 1. The summed E-state index contributed by atoms with van der Waals surface area (Å²) in [7, 11) is -3.42. The first-order chi connectivity index (χ1) is 10.4. The smallest absolute Gasteiger partial charge is 0.263 e. The molecule has 2 atom stereocenters. The molecule has 1 aromatic heterocycles. The maximum absolute atomic E-state index is 12.3. The number of aliphatic hydroxyl groups is 1. The van der Waals surface area contributed by atoms with Crippen LogP contribution in [0.4, 0.5) is 0 Å². The molecule has 8 heteroatoms. The van der Waals surface area contributed by atoms with Crippen LogP contribution in [0, 0.1) is 5.92 Å². The van der Waals surface area contributed by atoms with Crippen LogP contribution in [0.5, 0.6) is 0 Å². The maximum Gasteiger partial charge on any atom is 0.263 e. The van der Waals surface area contributed by atoms with E-state index in [2.05, 4.69) is 4.72 Å². The van der Waals surface area contributed by atoms with E-state index >= 15 is 0 Å². The zero-order valence-corrected chi connectivity index (χ0v) is 14.2. The van der Waals surface area contributed by atoms with Crippen molar-refractivity contribution >= 4 is 27.3 Å². The molecule has 1 fully saturated rings. The highest BCUT2D eigenvalue weighted by Crippen LogP contribution is 2.21. The monoisotopic (exact) mass is 346 g/mol. The summed E-state index contributed by atoms with van der Waals surface area (Å²) in [6.45, 7) is 2.69. The Hall–Kier alpha value is -0.960. The summed E-state index contributed by atoms with van der Waals surface area (Å²) < 4.78 is 26.4. The van der Waals surface area contributed by atoms with E-state index in [9.17, 15) is 13.2 Å². The average Bonchev–Trinajstić information content (AvgIpc) is 2.98. The Morgan fingerprint density at radius 3 is 3.00 bits per heavy atom. The van der Waals surface area contributed by atoms with Gasteiger partial charge in [0.25, 0.3) is 5.91 Å². The lowest BCUT2D eigenvalue weighted by molar-refractivity contribution is 0.0689.